The molecule has 0 aliphatic rings. The van der Waals surface area contributed by atoms with Gasteiger partial charge in [-0.3, -0.25) is 0 Å². The first-order valence-corrected chi connectivity index (χ1v) is 17.9. The van der Waals surface area contributed by atoms with E-state index in [1.807, 2.05) is 0 Å². The molecular formula is C17H40O7Si3. The topological polar surface area (TPSA) is 116 Å². The van der Waals surface area contributed by atoms with E-state index >= 15 is 0 Å². The van der Waals surface area contributed by atoms with Crippen LogP contribution in [0.2, 0.25) is 45.3 Å². The average Bonchev–Trinajstić information content (AvgIpc) is 2.50. The zero-order chi connectivity index (χ0) is 21.8. The van der Waals surface area contributed by atoms with Gasteiger partial charge in [0.2, 0.25) is 0 Å². The van der Waals surface area contributed by atoms with Crippen LogP contribution in [0.4, 0.5) is 0 Å². The minimum Gasteiger partial charge on any atom is -0.478 e. The zero-order valence-corrected chi connectivity index (χ0v) is 21.3. The van der Waals surface area contributed by atoms with Crippen LogP contribution in [0.3, 0.4) is 0 Å². The van der Waals surface area contributed by atoms with Gasteiger partial charge in [-0.15, -0.1) is 0 Å². The minimum absolute atomic E-state index is 0.389. The van der Waals surface area contributed by atoms with Crippen LogP contribution in [0.5, 0.6) is 0 Å². The van der Waals surface area contributed by atoms with Crippen molar-refractivity contribution in [3.63, 3.8) is 0 Å². The first-order chi connectivity index (χ1) is 12.1. The normalized spacial score (nSPS) is 15.2. The molecular weight excluding hydrogens is 400 g/mol. The van der Waals surface area contributed by atoms with E-state index in [1.54, 1.807) is 19.9 Å². The molecule has 162 valence electrons. The van der Waals surface area contributed by atoms with Crippen LogP contribution in [-0.4, -0.2) is 71.1 Å². The van der Waals surface area contributed by atoms with Crippen LogP contribution in [0.1, 0.15) is 26.7 Å². The Labute approximate surface area is 168 Å². The van der Waals surface area contributed by atoms with Crippen LogP contribution in [0.25, 0.3) is 0 Å². The molecule has 0 spiro atoms. The molecule has 2 unspecified atom stereocenters. The average molecular weight is 441 g/mol. The highest BCUT2D eigenvalue weighted by Crippen LogP contribution is 2.17. The molecule has 7 nitrogen and oxygen atoms in total. The van der Waals surface area contributed by atoms with Crippen LogP contribution in [0.15, 0.2) is 11.6 Å². The van der Waals surface area contributed by atoms with E-state index in [-0.39, 0.29) is 0 Å². The summed E-state index contributed by atoms with van der Waals surface area (Å²) in [6.45, 7) is 15.8. The third kappa shape index (κ3) is 18.8. The highest BCUT2D eigenvalue weighted by Gasteiger charge is 2.28. The molecule has 2 atom stereocenters. The van der Waals surface area contributed by atoms with Crippen LogP contribution in [-0.2, 0) is 13.0 Å². The van der Waals surface area contributed by atoms with Gasteiger partial charge in [0.1, 0.15) is 6.10 Å². The molecule has 0 saturated heterocycles. The van der Waals surface area contributed by atoms with Gasteiger partial charge >= 0.3 is 15.3 Å². The Bertz CT molecular complexity index is 429. The maximum atomic E-state index is 9.86. The third-order valence-electron chi connectivity index (χ3n) is 3.31. The predicted octanol–water partition coefficient (Wildman–Crippen LogP) is 2.44. The van der Waals surface area contributed by atoms with E-state index in [9.17, 15) is 15.0 Å². The van der Waals surface area contributed by atoms with Crippen molar-refractivity contribution in [1.29, 1.82) is 0 Å². The van der Waals surface area contributed by atoms with Crippen molar-refractivity contribution in [1.82, 2.24) is 0 Å². The summed E-state index contributed by atoms with van der Waals surface area (Å²) in [5.74, 6) is -0.845. The van der Waals surface area contributed by atoms with E-state index < -0.39 is 50.7 Å². The lowest BCUT2D eigenvalue weighted by atomic mass is 10.1. The van der Waals surface area contributed by atoms with Crippen molar-refractivity contribution in [3.8, 4) is 0 Å². The van der Waals surface area contributed by atoms with E-state index in [4.69, 9.17) is 18.4 Å². The van der Waals surface area contributed by atoms with Gasteiger partial charge in [0.25, 0.3) is 0 Å². The van der Waals surface area contributed by atoms with Gasteiger partial charge in [0.15, 0.2) is 16.6 Å². The fourth-order valence-electron chi connectivity index (χ4n) is 1.86. The molecule has 27 heavy (non-hydrogen) atoms. The fraction of sp³-hybridized carbons (Fsp3) is 0.824. The van der Waals surface area contributed by atoms with Crippen molar-refractivity contribution in [2.45, 2.75) is 84.2 Å². The Kier molecular flexibility index (Phi) is 14.7. The van der Waals surface area contributed by atoms with Crippen molar-refractivity contribution in [2.75, 3.05) is 6.61 Å². The van der Waals surface area contributed by atoms with Gasteiger partial charge in [0.05, 0.1) is 12.7 Å². The largest absolute Gasteiger partial charge is 0.478 e. The van der Waals surface area contributed by atoms with E-state index in [0.717, 1.165) is 12.5 Å². The first kappa shape index (κ1) is 28.9. The lowest BCUT2D eigenvalue weighted by molar-refractivity contribution is -0.132. The molecule has 4 N–H and O–H groups in total. The zero-order valence-electron chi connectivity index (χ0n) is 18.2. The number of carbonyl (C=O) groups is 1. The van der Waals surface area contributed by atoms with Gasteiger partial charge in [-0.2, -0.15) is 0 Å². The van der Waals surface area contributed by atoms with Gasteiger partial charge < -0.3 is 28.7 Å². The second kappa shape index (κ2) is 13.8. The molecule has 0 radical (unpaired) electrons. The summed E-state index contributed by atoms with van der Waals surface area (Å²) in [7, 11) is -4.95. The summed E-state index contributed by atoms with van der Waals surface area (Å²) in [5, 5.41) is 35.9. The van der Waals surface area contributed by atoms with Gasteiger partial charge in [-0.25, -0.2) is 4.79 Å². The quantitative estimate of drug-likeness (QED) is 0.288. The Morgan fingerprint density at radius 1 is 1.04 bits per heavy atom. The van der Waals surface area contributed by atoms with E-state index in [0.29, 0.717) is 12.0 Å². The minimum atomic E-state index is -1.71. The summed E-state index contributed by atoms with van der Waals surface area (Å²) in [6.07, 6.45) is 0.862. The van der Waals surface area contributed by atoms with Crippen molar-refractivity contribution < 1.29 is 33.5 Å². The number of carboxylic acid groups (broad SMARTS) is 1. The number of aliphatic carboxylic acids is 1. The summed E-state index contributed by atoms with van der Waals surface area (Å²) < 4.78 is 12.4. The molecule has 0 aromatic heterocycles. The predicted molar refractivity (Wildman–Crippen MR) is 116 cm³/mol. The van der Waals surface area contributed by atoms with Crippen LogP contribution in [0, 0.1) is 0 Å². The summed E-state index contributed by atoms with van der Waals surface area (Å²) in [4.78, 5) is 9.86. The highest BCUT2D eigenvalue weighted by molar-refractivity contribution is 6.81. The number of hydrogen-bond acceptors (Lipinski definition) is 6. The highest BCUT2D eigenvalue weighted by atomic mass is 28.4. The van der Waals surface area contributed by atoms with Crippen molar-refractivity contribution in [3.05, 3.63) is 11.6 Å². The van der Waals surface area contributed by atoms with Crippen molar-refractivity contribution >= 4 is 31.9 Å². The Morgan fingerprint density at radius 3 is 1.74 bits per heavy atom. The maximum Gasteiger partial charge on any atom is 0.330 e. The lowest BCUT2D eigenvalue weighted by Crippen LogP contribution is -2.43. The monoisotopic (exact) mass is 440 g/mol. The first-order valence-electron chi connectivity index (χ1n) is 9.31. The SMILES string of the molecule is CC=C(C)C(=O)O.C[Si](C)(C)O[SiH](CCCC(O)C(O)CO)O[Si](C)(C)C. The summed E-state index contributed by atoms with van der Waals surface area (Å²) >= 11 is 0. The Morgan fingerprint density at radius 2 is 1.48 bits per heavy atom. The molecule has 0 heterocycles. The fourth-order valence-corrected chi connectivity index (χ4v) is 10.3. The smallest absolute Gasteiger partial charge is 0.330 e. The second-order valence-electron chi connectivity index (χ2n) is 8.42. The number of aliphatic hydroxyl groups is 3. The van der Waals surface area contributed by atoms with Gasteiger partial charge in [0, 0.05) is 5.57 Å². The van der Waals surface area contributed by atoms with Gasteiger partial charge in [-0.05, 0) is 72.0 Å². The molecule has 0 fully saturated rings. The maximum absolute atomic E-state index is 9.86. The Hall–Kier alpha value is -0.339. The molecule has 10 heteroatoms. The van der Waals surface area contributed by atoms with Crippen LogP contribution < -0.4 is 0 Å². The van der Waals surface area contributed by atoms with Gasteiger partial charge in [-0.1, -0.05) is 6.08 Å². The second-order valence-corrected chi connectivity index (χ2v) is 20.2. The standard InChI is InChI=1S/C12H32O5Si3.C5H8O2/c1-19(2,3)16-18(17-20(4,5)6)9-7-8-11(14)12(15)10-13;1-3-4(2)5(6)7/h11-15,18H,7-10H2,1-6H3;3H,1-2H3,(H,6,7). The molecule has 0 bridgehead atoms. The summed E-state index contributed by atoms with van der Waals surface area (Å²) in [5.41, 5.74) is 0.389. The number of aliphatic hydroxyl groups excluding tert-OH is 3. The molecule has 0 aromatic carbocycles. The van der Waals surface area contributed by atoms with E-state index in [2.05, 4.69) is 39.3 Å². The Balaban J connectivity index is 0. The number of carboxylic acids is 1. The molecule has 0 amide bonds. The number of hydrogen-bond donors (Lipinski definition) is 4. The number of allylic oxidation sites excluding steroid dienone is 1. The molecule has 0 saturated carbocycles. The molecule has 0 aliphatic carbocycles. The van der Waals surface area contributed by atoms with Crippen LogP contribution >= 0.6 is 0 Å². The third-order valence-corrected chi connectivity index (χ3v) is 12.0. The van der Waals surface area contributed by atoms with E-state index in [1.165, 1.54) is 0 Å². The number of rotatable bonds is 11. The lowest BCUT2D eigenvalue weighted by Gasteiger charge is -2.31. The molecule has 0 rings (SSSR count). The molecule has 0 aliphatic heterocycles. The summed E-state index contributed by atoms with van der Waals surface area (Å²) in [6, 6.07) is 0.837. The molecule has 0 aromatic rings. The van der Waals surface area contributed by atoms with Crippen molar-refractivity contribution in [2.24, 2.45) is 0 Å².